The van der Waals surface area contributed by atoms with Crippen molar-refractivity contribution in [3.05, 3.63) is 18.2 Å². The number of hydrogen-bond acceptors (Lipinski definition) is 5. The summed E-state index contributed by atoms with van der Waals surface area (Å²) < 4.78 is 10.3. The summed E-state index contributed by atoms with van der Waals surface area (Å²) >= 11 is 0. The first-order valence-corrected chi connectivity index (χ1v) is 5.95. The quantitative estimate of drug-likeness (QED) is 0.726. The lowest BCUT2D eigenvalue weighted by Crippen LogP contribution is -2.27. The van der Waals surface area contributed by atoms with Gasteiger partial charge in [0.2, 0.25) is 0 Å². The number of hydrogen-bond donors (Lipinski definition) is 3. The predicted octanol–water partition coefficient (Wildman–Crippen LogP) is 1.99. The Labute approximate surface area is 112 Å². The number of amides is 1. The van der Waals surface area contributed by atoms with Gasteiger partial charge in [0.15, 0.2) is 0 Å². The highest BCUT2D eigenvalue weighted by Crippen LogP contribution is 2.25. The second-order valence-electron chi connectivity index (χ2n) is 4.95. The van der Waals surface area contributed by atoms with E-state index in [1.165, 1.54) is 0 Å². The lowest BCUT2D eigenvalue weighted by Gasteiger charge is -2.19. The molecule has 0 saturated heterocycles. The Balaban J connectivity index is 2.65. The molecule has 0 bridgehead atoms. The molecule has 1 aromatic rings. The summed E-state index contributed by atoms with van der Waals surface area (Å²) in [6.45, 7) is 5.44. The van der Waals surface area contributed by atoms with Crippen LogP contribution in [0.4, 0.5) is 16.2 Å². The lowest BCUT2D eigenvalue weighted by atomic mass is 10.2. The van der Waals surface area contributed by atoms with Crippen molar-refractivity contribution in [3.8, 4) is 5.75 Å². The topological polar surface area (TPSA) is 93.8 Å². The summed E-state index contributed by atoms with van der Waals surface area (Å²) in [5.74, 6) is 0.462. The van der Waals surface area contributed by atoms with Crippen molar-refractivity contribution >= 4 is 17.5 Å². The van der Waals surface area contributed by atoms with Crippen LogP contribution in [0, 0.1) is 0 Å². The third-order valence-corrected chi connectivity index (χ3v) is 2.00. The average Bonchev–Trinajstić information content (AvgIpc) is 2.25. The van der Waals surface area contributed by atoms with Gasteiger partial charge in [-0.05, 0) is 39.0 Å². The molecule has 0 aliphatic heterocycles. The zero-order chi connectivity index (χ0) is 14.5. The maximum Gasteiger partial charge on any atom is 0.412 e. The van der Waals surface area contributed by atoms with Crippen molar-refractivity contribution in [1.82, 2.24) is 0 Å². The Morgan fingerprint density at radius 2 is 2.11 bits per heavy atom. The van der Waals surface area contributed by atoms with Gasteiger partial charge < -0.3 is 20.3 Å². The van der Waals surface area contributed by atoms with Gasteiger partial charge in [0.1, 0.15) is 18.0 Å². The molecule has 0 aromatic heterocycles. The van der Waals surface area contributed by atoms with Crippen molar-refractivity contribution < 1.29 is 19.4 Å². The number of rotatable bonds is 4. The minimum atomic E-state index is -0.556. The highest BCUT2D eigenvalue weighted by atomic mass is 16.6. The van der Waals surface area contributed by atoms with Crippen LogP contribution >= 0.6 is 0 Å². The molecule has 0 heterocycles. The van der Waals surface area contributed by atoms with E-state index in [0.29, 0.717) is 17.1 Å². The molecule has 0 spiro atoms. The molecule has 0 aliphatic carbocycles. The zero-order valence-corrected chi connectivity index (χ0v) is 11.4. The van der Waals surface area contributed by atoms with Crippen LogP contribution in [-0.2, 0) is 4.74 Å². The van der Waals surface area contributed by atoms with E-state index in [1.54, 1.807) is 39.0 Å². The normalized spacial score (nSPS) is 10.9. The number of ether oxygens (including phenoxy) is 2. The number of nitrogens with one attached hydrogen (secondary N) is 1. The second-order valence-corrected chi connectivity index (χ2v) is 4.95. The van der Waals surface area contributed by atoms with Gasteiger partial charge >= 0.3 is 6.09 Å². The number of benzene rings is 1. The Hall–Kier alpha value is -1.95. The van der Waals surface area contributed by atoms with Crippen LogP contribution in [0.25, 0.3) is 0 Å². The van der Waals surface area contributed by atoms with Crippen LogP contribution in [0.1, 0.15) is 20.8 Å². The van der Waals surface area contributed by atoms with Crippen LogP contribution in [0.2, 0.25) is 0 Å². The first kappa shape index (κ1) is 15.1. The number of nitrogens with two attached hydrogens (primary N) is 1. The molecule has 0 aliphatic rings. The van der Waals surface area contributed by atoms with Crippen LogP contribution < -0.4 is 15.8 Å². The number of carbonyl (C=O) groups excluding carboxylic acids is 1. The summed E-state index contributed by atoms with van der Waals surface area (Å²) in [5.41, 5.74) is 6.10. The highest BCUT2D eigenvalue weighted by Gasteiger charge is 2.16. The predicted molar refractivity (Wildman–Crippen MR) is 73.3 cm³/mol. The van der Waals surface area contributed by atoms with Crippen molar-refractivity contribution in [1.29, 1.82) is 0 Å². The van der Waals surface area contributed by atoms with E-state index in [0.717, 1.165) is 0 Å². The zero-order valence-electron chi connectivity index (χ0n) is 11.4. The van der Waals surface area contributed by atoms with Gasteiger partial charge in [-0.2, -0.15) is 0 Å². The molecule has 4 N–H and O–H groups in total. The van der Waals surface area contributed by atoms with E-state index >= 15 is 0 Å². The van der Waals surface area contributed by atoms with Crippen molar-refractivity contribution in [3.63, 3.8) is 0 Å². The summed E-state index contributed by atoms with van der Waals surface area (Å²) in [6.07, 6.45) is -0.545. The Kier molecular flexibility index (Phi) is 5.00. The van der Waals surface area contributed by atoms with Gasteiger partial charge in [-0.15, -0.1) is 0 Å². The van der Waals surface area contributed by atoms with Gasteiger partial charge in [-0.1, -0.05) is 0 Å². The molecular formula is C13H20N2O4. The molecule has 0 atom stereocenters. The molecule has 1 aromatic carbocycles. The molecule has 106 valence electrons. The number of aliphatic hydroxyl groups is 1. The van der Waals surface area contributed by atoms with Crippen LogP contribution in [0.5, 0.6) is 5.75 Å². The van der Waals surface area contributed by atoms with Crippen LogP contribution in [-0.4, -0.2) is 30.0 Å². The molecule has 6 nitrogen and oxygen atoms in total. The van der Waals surface area contributed by atoms with E-state index < -0.39 is 11.7 Å². The largest absolute Gasteiger partial charge is 0.489 e. The SMILES string of the molecule is CC(C)(C)OC(=O)Nc1ccc(OCCO)c(N)c1. The van der Waals surface area contributed by atoms with E-state index in [1.807, 2.05) is 0 Å². The fraction of sp³-hybridized carbons (Fsp3) is 0.462. The van der Waals surface area contributed by atoms with E-state index in [4.69, 9.17) is 20.3 Å². The molecule has 0 unspecified atom stereocenters. The maximum absolute atomic E-state index is 11.6. The third kappa shape index (κ3) is 5.48. The maximum atomic E-state index is 11.6. The molecule has 0 radical (unpaired) electrons. The molecule has 0 saturated carbocycles. The summed E-state index contributed by atoms with van der Waals surface area (Å²) in [4.78, 5) is 11.6. The van der Waals surface area contributed by atoms with Gasteiger partial charge in [-0.3, -0.25) is 5.32 Å². The lowest BCUT2D eigenvalue weighted by molar-refractivity contribution is 0.0636. The summed E-state index contributed by atoms with van der Waals surface area (Å²) in [5, 5.41) is 11.2. The third-order valence-electron chi connectivity index (χ3n) is 2.00. The van der Waals surface area contributed by atoms with Gasteiger partial charge in [-0.25, -0.2) is 4.79 Å². The number of aliphatic hydroxyl groups excluding tert-OH is 1. The highest BCUT2D eigenvalue weighted by molar-refractivity contribution is 5.86. The fourth-order valence-electron chi connectivity index (χ4n) is 1.33. The van der Waals surface area contributed by atoms with Gasteiger partial charge in [0.05, 0.1) is 12.3 Å². The minimum absolute atomic E-state index is 0.0860. The smallest absolute Gasteiger partial charge is 0.412 e. The summed E-state index contributed by atoms with van der Waals surface area (Å²) in [7, 11) is 0. The average molecular weight is 268 g/mol. The molecule has 19 heavy (non-hydrogen) atoms. The summed E-state index contributed by atoms with van der Waals surface area (Å²) in [6, 6.07) is 4.83. The first-order valence-electron chi connectivity index (χ1n) is 5.95. The van der Waals surface area contributed by atoms with Crippen molar-refractivity contribution in [2.45, 2.75) is 26.4 Å². The number of anilines is 2. The molecular weight excluding hydrogens is 248 g/mol. The molecule has 0 fully saturated rings. The van der Waals surface area contributed by atoms with E-state index in [2.05, 4.69) is 5.32 Å². The molecule has 6 heteroatoms. The van der Waals surface area contributed by atoms with Crippen molar-refractivity contribution in [2.75, 3.05) is 24.3 Å². The van der Waals surface area contributed by atoms with Gasteiger partial charge in [0.25, 0.3) is 0 Å². The Bertz CT molecular complexity index is 441. The minimum Gasteiger partial charge on any atom is -0.489 e. The van der Waals surface area contributed by atoms with Crippen molar-refractivity contribution in [2.24, 2.45) is 0 Å². The molecule has 1 rings (SSSR count). The van der Waals surface area contributed by atoms with Gasteiger partial charge in [0, 0.05) is 5.69 Å². The second kappa shape index (κ2) is 6.29. The van der Waals surface area contributed by atoms with Crippen LogP contribution in [0.15, 0.2) is 18.2 Å². The fourth-order valence-corrected chi connectivity index (χ4v) is 1.33. The standard InChI is InChI=1S/C13H20N2O4/c1-13(2,3)19-12(17)15-9-4-5-11(10(14)8-9)18-7-6-16/h4-5,8,16H,6-7,14H2,1-3H3,(H,15,17). The number of nitrogen functional groups attached to an aromatic ring is 1. The Morgan fingerprint density at radius 3 is 2.63 bits per heavy atom. The first-order chi connectivity index (χ1) is 8.81. The number of carbonyl (C=O) groups is 1. The monoisotopic (exact) mass is 268 g/mol. The Morgan fingerprint density at radius 1 is 1.42 bits per heavy atom. The van der Waals surface area contributed by atoms with E-state index in [9.17, 15) is 4.79 Å². The van der Waals surface area contributed by atoms with Crippen LogP contribution in [0.3, 0.4) is 0 Å². The molecule has 1 amide bonds. The van der Waals surface area contributed by atoms with E-state index in [-0.39, 0.29) is 13.2 Å².